The van der Waals surface area contributed by atoms with Crippen LogP contribution in [-0.2, 0) is 14.3 Å². The quantitative estimate of drug-likeness (QED) is 0.529. The Morgan fingerprint density at radius 1 is 1.33 bits per heavy atom. The van der Waals surface area contributed by atoms with Crippen molar-refractivity contribution in [3.63, 3.8) is 0 Å². The topological polar surface area (TPSA) is 83.8 Å². The molecule has 12 heavy (non-hydrogen) atoms. The number of rotatable bonds is 4. The zero-order valence-electron chi connectivity index (χ0n) is 6.98. The lowest BCUT2D eigenvalue weighted by Crippen LogP contribution is -2.39. The van der Waals surface area contributed by atoms with Gasteiger partial charge >= 0.3 is 5.97 Å². The van der Waals surface area contributed by atoms with Gasteiger partial charge < -0.3 is 14.9 Å². The number of Topliss-reactive ketones (excluding diaryl/α,β-unsaturated/α-hetero) is 1. The highest BCUT2D eigenvalue weighted by Crippen LogP contribution is 1.97. The molecule has 0 amide bonds. The molecule has 0 rings (SSSR count). The molecule has 5 heteroatoms. The van der Waals surface area contributed by atoms with Gasteiger partial charge in [-0.2, -0.15) is 0 Å². The number of esters is 1. The number of carbonyl (C=O) groups excluding carboxylic acids is 2. The summed E-state index contributed by atoms with van der Waals surface area (Å²) in [5.74, 6) is -1.66. The van der Waals surface area contributed by atoms with Crippen molar-refractivity contribution in [1.82, 2.24) is 0 Å². The van der Waals surface area contributed by atoms with E-state index in [2.05, 4.69) is 4.74 Å². The van der Waals surface area contributed by atoms with Gasteiger partial charge in [-0.3, -0.25) is 4.79 Å². The van der Waals surface area contributed by atoms with E-state index in [9.17, 15) is 9.59 Å². The third-order valence-corrected chi connectivity index (χ3v) is 1.24. The summed E-state index contributed by atoms with van der Waals surface area (Å²) in [6.07, 6.45) is -3.47. The lowest BCUT2D eigenvalue weighted by atomic mass is 10.1. The third-order valence-electron chi connectivity index (χ3n) is 1.24. The van der Waals surface area contributed by atoms with Crippen LogP contribution in [0.2, 0.25) is 0 Å². The van der Waals surface area contributed by atoms with Gasteiger partial charge in [-0.1, -0.05) is 0 Å². The minimum Gasteiger partial charge on any atom is -0.464 e. The van der Waals surface area contributed by atoms with E-state index in [1.54, 1.807) is 6.92 Å². The Hall–Kier alpha value is -0.940. The highest BCUT2D eigenvalue weighted by atomic mass is 16.5. The van der Waals surface area contributed by atoms with E-state index >= 15 is 0 Å². The van der Waals surface area contributed by atoms with Gasteiger partial charge in [0.05, 0.1) is 6.61 Å². The summed E-state index contributed by atoms with van der Waals surface area (Å²) in [7, 11) is 0. The zero-order chi connectivity index (χ0) is 9.72. The van der Waals surface area contributed by atoms with Gasteiger partial charge in [-0.15, -0.1) is 0 Å². The second kappa shape index (κ2) is 4.84. The van der Waals surface area contributed by atoms with Crippen LogP contribution in [0.5, 0.6) is 0 Å². The van der Waals surface area contributed by atoms with Crippen LogP contribution in [0, 0.1) is 0 Å². The van der Waals surface area contributed by atoms with Crippen LogP contribution < -0.4 is 0 Å². The maximum atomic E-state index is 10.7. The number of aliphatic hydroxyl groups is 2. The van der Waals surface area contributed by atoms with Crippen molar-refractivity contribution in [3.8, 4) is 0 Å². The molecule has 0 aliphatic heterocycles. The minimum atomic E-state index is -1.78. The number of ketones is 1. The first kappa shape index (κ1) is 11.1. The maximum Gasteiger partial charge on any atom is 0.338 e. The Labute approximate surface area is 70.0 Å². The Kier molecular flexibility index (Phi) is 4.46. The molecule has 0 saturated carbocycles. The van der Waals surface area contributed by atoms with Crippen LogP contribution in [0.3, 0.4) is 0 Å². The second-order valence-corrected chi connectivity index (χ2v) is 2.25. The molecule has 0 aliphatic rings. The zero-order valence-corrected chi connectivity index (χ0v) is 6.98. The summed E-state index contributed by atoms with van der Waals surface area (Å²) in [6, 6.07) is 0. The number of hydrogen-bond acceptors (Lipinski definition) is 5. The number of ether oxygens (including phenoxy) is 1. The van der Waals surface area contributed by atoms with E-state index in [1.165, 1.54) is 0 Å². The molecule has 0 heterocycles. The first-order chi connectivity index (χ1) is 5.50. The van der Waals surface area contributed by atoms with Gasteiger partial charge in [0.15, 0.2) is 11.9 Å². The lowest BCUT2D eigenvalue weighted by molar-refractivity contribution is -0.162. The molecule has 0 aromatic carbocycles. The number of aliphatic hydroxyl groups excluding tert-OH is 2. The van der Waals surface area contributed by atoms with Crippen LogP contribution in [0.4, 0.5) is 0 Å². The molecule has 0 aromatic rings. The van der Waals surface area contributed by atoms with Crippen molar-refractivity contribution in [1.29, 1.82) is 0 Å². The largest absolute Gasteiger partial charge is 0.464 e. The summed E-state index contributed by atoms with van der Waals surface area (Å²) in [4.78, 5) is 21.2. The van der Waals surface area contributed by atoms with Crippen molar-refractivity contribution < 1.29 is 24.5 Å². The Bertz CT molecular complexity index is 177. The standard InChI is InChI=1S/C7H12O5/c1-3-12-7(11)6(10)5(9)4(2)8/h5-6,9-10H,3H2,1-2H3/t5-,6+/m0/s1. The predicted octanol–water partition coefficient (Wildman–Crippen LogP) is -1.14. The monoisotopic (exact) mass is 176 g/mol. The Morgan fingerprint density at radius 3 is 2.17 bits per heavy atom. The molecule has 0 aliphatic carbocycles. The van der Waals surface area contributed by atoms with Gasteiger partial charge in [0.2, 0.25) is 0 Å². The first-order valence-corrected chi connectivity index (χ1v) is 3.54. The predicted molar refractivity (Wildman–Crippen MR) is 39.3 cm³/mol. The van der Waals surface area contributed by atoms with E-state index in [4.69, 9.17) is 10.2 Å². The van der Waals surface area contributed by atoms with Crippen LogP contribution in [0.15, 0.2) is 0 Å². The van der Waals surface area contributed by atoms with E-state index in [0.29, 0.717) is 0 Å². The number of carbonyl (C=O) groups is 2. The summed E-state index contributed by atoms with van der Waals surface area (Å²) in [5, 5.41) is 17.8. The second-order valence-electron chi connectivity index (χ2n) is 2.25. The molecular formula is C7H12O5. The highest BCUT2D eigenvalue weighted by Gasteiger charge is 2.28. The summed E-state index contributed by atoms with van der Waals surface area (Å²) in [6.45, 7) is 2.73. The van der Waals surface area contributed by atoms with Crippen LogP contribution in [0.25, 0.3) is 0 Å². The fourth-order valence-electron chi connectivity index (χ4n) is 0.579. The smallest absolute Gasteiger partial charge is 0.338 e. The molecule has 0 saturated heterocycles. The summed E-state index contributed by atoms with van der Waals surface area (Å²) < 4.78 is 4.37. The molecule has 2 atom stereocenters. The van der Waals surface area contributed by atoms with Gasteiger partial charge in [-0.05, 0) is 13.8 Å². The average Bonchev–Trinajstić information content (AvgIpc) is 2.02. The molecule has 0 unspecified atom stereocenters. The van der Waals surface area contributed by atoms with Crippen LogP contribution in [-0.4, -0.2) is 40.8 Å². The summed E-state index contributed by atoms with van der Waals surface area (Å²) in [5.41, 5.74) is 0. The first-order valence-electron chi connectivity index (χ1n) is 3.54. The van der Waals surface area contributed by atoms with Crippen molar-refractivity contribution in [2.24, 2.45) is 0 Å². The van der Waals surface area contributed by atoms with E-state index in [0.717, 1.165) is 6.92 Å². The van der Waals surface area contributed by atoms with E-state index in [-0.39, 0.29) is 6.61 Å². The molecule has 0 radical (unpaired) electrons. The molecule has 70 valence electrons. The molecule has 0 fully saturated rings. The van der Waals surface area contributed by atoms with Crippen LogP contribution >= 0.6 is 0 Å². The lowest BCUT2D eigenvalue weighted by Gasteiger charge is -2.12. The molecule has 2 N–H and O–H groups in total. The Balaban J connectivity index is 4.09. The molecular weight excluding hydrogens is 164 g/mol. The third kappa shape index (κ3) is 2.98. The van der Waals surface area contributed by atoms with Gasteiger partial charge in [0.25, 0.3) is 0 Å². The molecule has 5 nitrogen and oxygen atoms in total. The molecule has 0 spiro atoms. The van der Waals surface area contributed by atoms with E-state index < -0.39 is 24.0 Å². The molecule has 0 aromatic heterocycles. The van der Waals surface area contributed by atoms with Crippen molar-refractivity contribution in [3.05, 3.63) is 0 Å². The number of hydrogen-bond donors (Lipinski definition) is 2. The van der Waals surface area contributed by atoms with Crippen molar-refractivity contribution in [2.45, 2.75) is 26.1 Å². The van der Waals surface area contributed by atoms with Crippen LogP contribution in [0.1, 0.15) is 13.8 Å². The maximum absolute atomic E-state index is 10.7. The highest BCUT2D eigenvalue weighted by molar-refractivity contribution is 5.88. The molecule has 0 bridgehead atoms. The van der Waals surface area contributed by atoms with Crippen molar-refractivity contribution in [2.75, 3.05) is 6.61 Å². The minimum absolute atomic E-state index is 0.0977. The van der Waals surface area contributed by atoms with E-state index in [1.807, 2.05) is 0 Å². The van der Waals surface area contributed by atoms with Crippen molar-refractivity contribution >= 4 is 11.8 Å². The van der Waals surface area contributed by atoms with Gasteiger partial charge in [0.1, 0.15) is 6.10 Å². The van der Waals surface area contributed by atoms with Gasteiger partial charge in [-0.25, -0.2) is 4.79 Å². The normalized spacial score (nSPS) is 15.0. The fraction of sp³-hybridized carbons (Fsp3) is 0.714. The fourth-order valence-corrected chi connectivity index (χ4v) is 0.579. The van der Waals surface area contributed by atoms with Gasteiger partial charge in [0, 0.05) is 0 Å². The SMILES string of the molecule is CCOC(=O)[C@H](O)[C@@H](O)C(C)=O. The Morgan fingerprint density at radius 2 is 1.83 bits per heavy atom. The summed E-state index contributed by atoms with van der Waals surface area (Å²) >= 11 is 0. The average molecular weight is 176 g/mol.